The molecule has 0 radical (unpaired) electrons. The molecule has 4 aromatic rings. The van der Waals surface area contributed by atoms with E-state index in [1.54, 1.807) is 17.0 Å². The second-order valence-corrected chi connectivity index (χ2v) is 19.8. The first-order valence-electron chi connectivity index (χ1n) is 26.7. The number of rotatable bonds is 25. The van der Waals surface area contributed by atoms with Gasteiger partial charge in [0.25, 0.3) is 17.7 Å². The summed E-state index contributed by atoms with van der Waals surface area (Å²) in [6, 6.07) is 8.22. The fourth-order valence-corrected chi connectivity index (χ4v) is 9.88. The third-order valence-electron chi connectivity index (χ3n) is 14.4. The van der Waals surface area contributed by atoms with Gasteiger partial charge < -0.3 is 49.0 Å². The fourth-order valence-electron chi connectivity index (χ4n) is 9.88. The summed E-state index contributed by atoms with van der Waals surface area (Å²) in [7, 11) is 1.96. The lowest BCUT2D eigenvalue weighted by Gasteiger charge is -2.44. The van der Waals surface area contributed by atoms with E-state index in [2.05, 4.69) is 30.8 Å². The Labute approximate surface area is 464 Å². The lowest BCUT2D eigenvalue weighted by molar-refractivity contribution is -0.138. The van der Waals surface area contributed by atoms with Crippen LogP contribution in [0.5, 0.6) is 0 Å². The average Bonchev–Trinajstić information content (AvgIpc) is 4.02. The van der Waals surface area contributed by atoms with Gasteiger partial charge in [-0.05, 0) is 69.8 Å². The maximum atomic E-state index is 16.1. The van der Waals surface area contributed by atoms with E-state index < -0.39 is 64.5 Å². The number of ether oxygens (including phenoxy) is 5. The summed E-state index contributed by atoms with van der Waals surface area (Å²) >= 11 is 0. The van der Waals surface area contributed by atoms with Crippen LogP contribution in [0.3, 0.4) is 0 Å². The maximum absolute atomic E-state index is 16.1. The van der Waals surface area contributed by atoms with Crippen LogP contribution in [0.2, 0.25) is 0 Å². The summed E-state index contributed by atoms with van der Waals surface area (Å²) in [6.45, 7) is 10.00. The highest BCUT2D eigenvalue weighted by atomic mass is 19.4. The van der Waals surface area contributed by atoms with Crippen molar-refractivity contribution in [3.05, 3.63) is 94.8 Å². The SMILES string of the molecule is C[C@@H]1CN(c2cc(F)c(-c3cnc(N4CCN(C(=O)CCOCCOCCOCCOCCOCCNc5cccc6c5C(=O)N(C5CCC(=O)NC5=O)C6=O)CC4)nc3)cc2NC(=O)c2ccc(F)cc2C(F)(F)F)C[C@H](C)N1C. The van der Waals surface area contributed by atoms with E-state index in [4.69, 9.17) is 23.7 Å². The van der Waals surface area contributed by atoms with Crippen molar-refractivity contribution in [2.45, 2.75) is 57.4 Å². The number of anilines is 4. The number of halogens is 5. The Hall–Kier alpha value is -7.23. The van der Waals surface area contributed by atoms with Crippen LogP contribution in [-0.2, 0) is 44.2 Å². The van der Waals surface area contributed by atoms with E-state index in [0.29, 0.717) is 117 Å². The molecule has 26 heteroatoms. The number of nitrogens with zero attached hydrogens (tertiary/aromatic N) is 7. The van der Waals surface area contributed by atoms with Gasteiger partial charge in [-0.25, -0.2) is 18.7 Å². The lowest BCUT2D eigenvalue weighted by Crippen LogP contribution is -2.55. The van der Waals surface area contributed by atoms with Gasteiger partial charge in [0, 0.05) is 93.5 Å². The van der Waals surface area contributed by atoms with Gasteiger partial charge in [-0.1, -0.05) is 6.07 Å². The number of hydrogen-bond acceptors (Lipinski definition) is 17. The van der Waals surface area contributed by atoms with E-state index in [0.717, 1.165) is 17.0 Å². The highest BCUT2D eigenvalue weighted by Crippen LogP contribution is 2.38. The lowest BCUT2D eigenvalue weighted by atomic mass is 10.0. The number of piperazine rings is 2. The van der Waals surface area contributed by atoms with Crippen LogP contribution in [0, 0.1) is 11.6 Å². The number of piperidine rings is 1. The van der Waals surface area contributed by atoms with Crippen LogP contribution >= 0.6 is 0 Å². The first-order valence-corrected chi connectivity index (χ1v) is 26.7. The average molecular weight is 1140 g/mol. The second-order valence-electron chi connectivity index (χ2n) is 19.8. The van der Waals surface area contributed by atoms with Crippen LogP contribution in [0.4, 0.5) is 45.0 Å². The molecule has 3 N–H and O–H groups in total. The van der Waals surface area contributed by atoms with E-state index in [1.807, 2.05) is 30.7 Å². The van der Waals surface area contributed by atoms with Gasteiger partial charge in [-0.2, -0.15) is 13.2 Å². The summed E-state index contributed by atoms with van der Waals surface area (Å²) in [6.07, 6.45) is -1.90. The number of fused-ring (bicyclic) bond motifs is 1. The number of carbonyl (C=O) groups excluding carboxylic acids is 6. The normalized spacial score (nSPS) is 18.8. The molecule has 3 atom stereocenters. The zero-order valence-electron chi connectivity index (χ0n) is 45.2. The van der Waals surface area contributed by atoms with Crippen molar-refractivity contribution in [2.24, 2.45) is 0 Å². The molecule has 4 aliphatic heterocycles. The van der Waals surface area contributed by atoms with Crippen LogP contribution in [0.15, 0.2) is 60.9 Å². The Morgan fingerprint density at radius 1 is 0.728 bits per heavy atom. The van der Waals surface area contributed by atoms with Gasteiger partial charge >= 0.3 is 6.18 Å². The van der Waals surface area contributed by atoms with Crippen molar-refractivity contribution in [3.63, 3.8) is 0 Å². The van der Waals surface area contributed by atoms with Crippen molar-refractivity contribution in [1.82, 2.24) is 30.0 Å². The van der Waals surface area contributed by atoms with Crippen molar-refractivity contribution >= 4 is 58.5 Å². The molecule has 0 saturated carbocycles. The monoisotopic (exact) mass is 1140 g/mol. The maximum Gasteiger partial charge on any atom is 0.417 e. The van der Waals surface area contributed by atoms with E-state index in [1.165, 1.54) is 30.6 Å². The number of hydrogen-bond donors (Lipinski definition) is 3. The Kier molecular flexibility index (Phi) is 20.3. The molecule has 3 fully saturated rings. The van der Waals surface area contributed by atoms with Gasteiger partial charge in [-0.15, -0.1) is 0 Å². The highest BCUT2D eigenvalue weighted by Gasteiger charge is 2.46. The smallest absolute Gasteiger partial charge is 0.382 e. The molecule has 3 aromatic carbocycles. The molecular weight excluding hydrogens is 1070 g/mol. The zero-order chi connectivity index (χ0) is 57.8. The van der Waals surface area contributed by atoms with Crippen molar-refractivity contribution in [3.8, 4) is 11.1 Å². The second kappa shape index (κ2) is 27.5. The number of amides is 6. The van der Waals surface area contributed by atoms with Gasteiger partial charge in [0.15, 0.2) is 0 Å². The minimum Gasteiger partial charge on any atom is -0.382 e. The molecule has 21 nitrogen and oxygen atoms in total. The number of imide groups is 2. The number of nitrogens with one attached hydrogen (secondary N) is 3. The van der Waals surface area contributed by atoms with E-state index >= 15 is 4.39 Å². The number of likely N-dealkylation sites (N-methyl/N-ethyl adjacent to an activating group) is 1. The van der Waals surface area contributed by atoms with Crippen molar-refractivity contribution in [2.75, 3.05) is 139 Å². The summed E-state index contributed by atoms with van der Waals surface area (Å²) in [4.78, 5) is 94.2. The summed E-state index contributed by atoms with van der Waals surface area (Å²) < 4.78 is 99.7. The molecule has 5 heterocycles. The van der Waals surface area contributed by atoms with Gasteiger partial charge in [-0.3, -0.25) is 43.9 Å². The number of alkyl halides is 3. The predicted octanol–water partition coefficient (Wildman–Crippen LogP) is 4.86. The van der Waals surface area contributed by atoms with Gasteiger partial charge in [0.1, 0.15) is 17.7 Å². The minimum absolute atomic E-state index is 0.00624. The largest absolute Gasteiger partial charge is 0.417 e. The minimum atomic E-state index is -5.02. The number of benzene rings is 3. The molecule has 0 bridgehead atoms. The first kappa shape index (κ1) is 59.9. The third-order valence-corrected chi connectivity index (χ3v) is 14.4. The quantitative estimate of drug-likeness (QED) is 0.0458. The predicted molar refractivity (Wildman–Crippen MR) is 285 cm³/mol. The van der Waals surface area contributed by atoms with Crippen molar-refractivity contribution < 1.29 is 74.4 Å². The van der Waals surface area contributed by atoms with Gasteiger partial charge in [0.2, 0.25) is 23.7 Å². The Balaban J connectivity index is 0.677. The van der Waals surface area contributed by atoms with Crippen LogP contribution < -0.4 is 25.8 Å². The highest BCUT2D eigenvalue weighted by molar-refractivity contribution is 6.25. The molecule has 436 valence electrons. The van der Waals surface area contributed by atoms with Crippen molar-refractivity contribution in [1.29, 1.82) is 0 Å². The molecule has 81 heavy (non-hydrogen) atoms. The Morgan fingerprint density at radius 3 is 1.96 bits per heavy atom. The standard InChI is InChI=1S/C55H65F5N10O11/c1-34-32-69(33-35(2)66(34)3)46-29-42(57)40(28-44(46)64-50(73)38-8-7-37(56)27-41(38)55(58,59)60)36-30-62-54(63-31-36)68-15-13-67(14-16-68)48(72)11-17-77-19-21-79-23-25-81-26-24-80-22-20-78-18-12-61-43-6-4-5-39-49(43)53(76)70(52(39)75)45-9-10-47(71)65-51(45)74/h4-8,27-31,34-35,45,61H,9-26,32-33H2,1-3H3,(H,64,73)(H,65,71,74)/t34-,35+,45?. The van der Waals surface area contributed by atoms with E-state index in [9.17, 15) is 46.3 Å². The summed E-state index contributed by atoms with van der Waals surface area (Å²) in [5.41, 5.74) is -0.872. The molecule has 1 unspecified atom stereocenters. The first-order chi connectivity index (χ1) is 38.9. The Bertz CT molecular complexity index is 2900. The molecule has 1 aromatic heterocycles. The molecule has 8 rings (SSSR count). The number of carbonyl (C=O) groups is 6. The topological polar surface area (TPSA) is 227 Å². The molecule has 0 aliphatic carbocycles. The fraction of sp³-hybridized carbons (Fsp3) is 0.491. The summed E-state index contributed by atoms with van der Waals surface area (Å²) in [5, 5.41) is 7.86. The summed E-state index contributed by atoms with van der Waals surface area (Å²) in [5.74, 6) is -4.98. The molecule has 4 aliphatic rings. The van der Waals surface area contributed by atoms with Crippen LogP contribution in [0.25, 0.3) is 11.1 Å². The van der Waals surface area contributed by atoms with Crippen LogP contribution in [-0.4, -0.2) is 197 Å². The third kappa shape index (κ3) is 15.0. The molecular formula is C55H65F5N10O11. The molecule has 6 amide bonds. The van der Waals surface area contributed by atoms with Gasteiger partial charge in [0.05, 0.1) is 106 Å². The van der Waals surface area contributed by atoms with E-state index in [-0.39, 0.29) is 83.6 Å². The molecule has 3 saturated heterocycles. The zero-order valence-corrected chi connectivity index (χ0v) is 45.2. The van der Waals surface area contributed by atoms with Crippen LogP contribution in [0.1, 0.15) is 69.7 Å². The Morgan fingerprint density at radius 2 is 1.35 bits per heavy atom. The molecule has 0 spiro atoms. The number of aromatic nitrogens is 2.